The molecule has 2 heterocycles. The van der Waals surface area contributed by atoms with Gasteiger partial charge >= 0.3 is 5.97 Å². The molecule has 0 unspecified atom stereocenters. The first-order valence-electron chi connectivity index (χ1n) is 13.7. The summed E-state index contributed by atoms with van der Waals surface area (Å²) < 4.78 is 7.20. The van der Waals surface area contributed by atoms with Gasteiger partial charge in [0.15, 0.2) is 0 Å². The summed E-state index contributed by atoms with van der Waals surface area (Å²) in [5.41, 5.74) is 2.75. The molecule has 1 aliphatic rings. The Morgan fingerprint density at radius 1 is 0.977 bits per heavy atom. The standard InChI is InChI=1S/C32H26Cl3N3O5S/c1-2-3-13-43-31(41)22-15-20(11-12-26(22)35)36-29(39)18-38-30(40)28(44-32(38)42)14-19-16-37(27-10-5-4-7-21(19)27)17-23-24(33)8-6-9-25(23)34/h4-12,14-16H,2-3,13,17-18H2,1H3,(H,36,39)/b28-14-. The molecule has 0 spiro atoms. The Morgan fingerprint density at radius 3 is 2.48 bits per heavy atom. The number of halogens is 3. The Labute approximate surface area is 272 Å². The molecule has 4 aromatic rings. The van der Waals surface area contributed by atoms with Gasteiger partial charge in [-0.25, -0.2) is 4.79 Å². The second-order valence-corrected chi connectivity index (χ2v) is 12.1. The maximum absolute atomic E-state index is 13.3. The van der Waals surface area contributed by atoms with Crippen LogP contribution < -0.4 is 5.32 Å². The Balaban J connectivity index is 1.32. The molecule has 3 amide bonds. The zero-order valence-electron chi connectivity index (χ0n) is 23.4. The number of nitrogens with zero attached hydrogens (tertiary/aromatic N) is 2. The molecule has 226 valence electrons. The van der Waals surface area contributed by atoms with Crippen molar-refractivity contribution in [1.82, 2.24) is 9.47 Å². The van der Waals surface area contributed by atoms with Crippen LogP contribution in [-0.2, 0) is 20.9 Å². The van der Waals surface area contributed by atoms with E-state index in [1.165, 1.54) is 18.2 Å². The molecule has 1 saturated heterocycles. The van der Waals surface area contributed by atoms with Gasteiger partial charge in [0.2, 0.25) is 5.91 Å². The van der Waals surface area contributed by atoms with E-state index in [1.807, 2.05) is 42.0 Å². The van der Waals surface area contributed by atoms with Crippen LogP contribution in [0.2, 0.25) is 15.1 Å². The van der Waals surface area contributed by atoms with Gasteiger partial charge in [-0.05, 0) is 60.7 Å². The lowest BCUT2D eigenvalue weighted by Crippen LogP contribution is -2.36. The van der Waals surface area contributed by atoms with Crippen LogP contribution in [0, 0.1) is 0 Å². The van der Waals surface area contributed by atoms with Gasteiger partial charge in [0, 0.05) is 44.0 Å². The molecule has 0 atom stereocenters. The fraction of sp³-hybridized carbons (Fsp3) is 0.188. The fourth-order valence-electron chi connectivity index (χ4n) is 4.64. The minimum atomic E-state index is -0.616. The van der Waals surface area contributed by atoms with Crippen molar-refractivity contribution in [2.45, 2.75) is 26.3 Å². The van der Waals surface area contributed by atoms with Gasteiger partial charge in [0.25, 0.3) is 11.1 Å². The highest BCUT2D eigenvalue weighted by atomic mass is 35.5. The zero-order valence-corrected chi connectivity index (χ0v) is 26.5. The Morgan fingerprint density at radius 2 is 1.73 bits per heavy atom. The van der Waals surface area contributed by atoms with Gasteiger partial charge in [0.1, 0.15) is 6.54 Å². The van der Waals surface area contributed by atoms with Gasteiger partial charge < -0.3 is 14.6 Å². The first-order chi connectivity index (χ1) is 21.2. The number of amides is 3. The van der Waals surface area contributed by atoms with Crippen LogP contribution in [0.5, 0.6) is 0 Å². The van der Waals surface area contributed by atoms with E-state index < -0.39 is 29.6 Å². The van der Waals surface area contributed by atoms with Crippen molar-refractivity contribution in [3.63, 3.8) is 0 Å². The highest BCUT2D eigenvalue weighted by Crippen LogP contribution is 2.35. The number of ether oxygens (including phenoxy) is 1. The van der Waals surface area contributed by atoms with E-state index in [0.29, 0.717) is 23.0 Å². The lowest BCUT2D eigenvalue weighted by molar-refractivity contribution is -0.127. The van der Waals surface area contributed by atoms with E-state index in [2.05, 4.69) is 5.32 Å². The van der Waals surface area contributed by atoms with Gasteiger partial charge in [-0.15, -0.1) is 0 Å². The second kappa shape index (κ2) is 13.9. The number of unbranched alkanes of at least 4 members (excludes halogenated alkanes) is 1. The summed E-state index contributed by atoms with van der Waals surface area (Å²) in [6, 6.07) is 17.4. The highest BCUT2D eigenvalue weighted by Gasteiger charge is 2.36. The number of rotatable bonds is 10. The third-order valence-corrected chi connectivity index (χ3v) is 8.82. The van der Waals surface area contributed by atoms with Crippen LogP contribution >= 0.6 is 46.6 Å². The molecule has 12 heteroatoms. The molecular weight excluding hydrogens is 645 g/mol. The first kappa shape index (κ1) is 31.7. The highest BCUT2D eigenvalue weighted by molar-refractivity contribution is 8.18. The lowest BCUT2D eigenvalue weighted by atomic mass is 10.1. The number of fused-ring (bicyclic) bond motifs is 1. The molecule has 0 radical (unpaired) electrons. The van der Waals surface area contributed by atoms with E-state index in [4.69, 9.17) is 39.5 Å². The largest absolute Gasteiger partial charge is 0.462 e. The van der Waals surface area contributed by atoms with E-state index in [1.54, 1.807) is 24.3 Å². The van der Waals surface area contributed by atoms with Crippen LogP contribution in [0.15, 0.2) is 71.8 Å². The molecule has 0 saturated carbocycles. The Hall–Kier alpha value is -3.76. The molecule has 44 heavy (non-hydrogen) atoms. The molecule has 1 aromatic heterocycles. The smallest absolute Gasteiger partial charge is 0.339 e. The number of carbonyl (C=O) groups excluding carboxylic acids is 4. The van der Waals surface area contributed by atoms with E-state index in [9.17, 15) is 19.2 Å². The normalized spacial score (nSPS) is 14.1. The Bertz CT molecular complexity index is 1800. The first-order valence-corrected chi connectivity index (χ1v) is 15.6. The van der Waals surface area contributed by atoms with Crippen molar-refractivity contribution in [1.29, 1.82) is 0 Å². The van der Waals surface area contributed by atoms with E-state index in [0.717, 1.165) is 45.1 Å². The van der Waals surface area contributed by atoms with Crippen molar-refractivity contribution in [2.24, 2.45) is 0 Å². The summed E-state index contributed by atoms with van der Waals surface area (Å²) in [6.07, 6.45) is 5.09. The summed E-state index contributed by atoms with van der Waals surface area (Å²) >= 11 is 19.7. The number of esters is 1. The summed E-state index contributed by atoms with van der Waals surface area (Å²) in [4.78, 5) is 52.4. The summed E-state index contributed by atoms with van der Waals surface area (Å²) in [5, 5.41) is 4.17. The van der Waals surface area contributed by atoms with Crippen molar-refractivity contribution in [2.75, 3.05) is 18.5 Å². The van der Waals surface area contributed by atoms with Crippen LogP contribution in [0.25, 0.3) is 17.0 Å². The maximum atomic E-state index is 13.3. The molecule has 8 nitrogen and oxygen atoms in total. The quantitative estimate of drug-likeness (QED) is 0.104. The minimum Gasteiger partial charge on any atom is -0.462 e. The predicted octanol–water partition coefficient (Wildman–Crippen LogP) is 8.28. The molecule has 0 bridgehead atoms. The zero-order chi connectivity index (χ0) is 31.4. The van der Waals surface area contributed by atoms with E-state index in [-0.39, 0.29) is 27.8 Å². The number of aromatic nitrogens is 1. The van der Waals surface area contributed by atoms with Gasteiger partial charge in [-0.2, -0.15) is 0 Å². The number of thioether (sulfide) groups is 1. The number of hydrogen-bond donors (Lipinski definition) is 1. The maximum Gasteiger partial charge on any atom is 0.339 e. The number of para-hydroxylation sites is 1. The number of carbonyl (C=O) groups is 4. The molecule has 0 aliphatic carbocycles. The molecule has 5 rings (SSSR count). The van der Waals surface area contributed by atoms with Gasteiger partial charge in [-0.3, -0.25) is 19.3 Å². The predicted molar refractivity (Wildman–Crippen MR) is 175 cm³/mol. The summed E-state index contributed by atoms with van der Waals surface area (Å²) in [7, 11) is 0. The molecular formula is C32H26Cl3N3O5S. The van der Waals surface area contributed by atoms with Gasteiger partial charge in [0.05, 0.1) is 28.6 Å². The van der Waals surface area contributed by atoms with Crippen molar-refractivity contribution in [3.05, 3.63) is 104 Å². The van der Waals surface area contributed by atoms with Crippen molar-refractivity contribution in [3.8, 4) is 0 Å². The lowest BCUT2D eigenvalue weighted by Gasteiger charge is -2.13. The monoisotopic (exact) mass is 669 g/mol. The Kier molecular flexibility index (Phi) is 10.0. The third kappa shape index (κ3) is 6.97. The molecule has 1 aliphatic heterocycles. The number of nitrogens with one attached hydrogen (secondary N) is 1. The molecule has 1 fully saturated rings. The molecule has 1 N–H and O–H groups in total. The summed E-state index contributed by atoms with van der Waals surface area (Å²) in [5.74, 6) is -1.81. The minimum absolute atomic E-state index is 0.102. The topological polar surface area (TPSA) is 97.7 Å². The van der Waals surface area contributed by atoms with Crippen LogP contribution in [-0.4, -0.2) is 45.6 Å². The van der Waals surface area contributed by atoms with Crippen LogP contribution in [0.3, 0.4) is 0 Å². The van der Waals surface area contributed by atoms with E-state index >= 15 is 0 Å². The second-order valence-electron chi connectivity index (χ2n) is 9.93. The van der Waals surface area contributed by atoms with Crippen molar-refractivity contribution < 1.29 is 23.9 Å². The number of anilines is 1. The SMILES string of the molecule is CCCCOC(=O)c1cc(NC(=O)CN2C(=O)S/C(=C\c3cn(Cc4c(Cl)cccc4Cl)c4ccccc34)C2=O)ccc1Cl. The number of imide groups is 1. The average Bonchev–Trinajstić information content (AvgIpc) is 3.47. The van der Waals surface area contributed by atoms with Crippen molar-refractivity contribution >= 4 is 92.3 Å². The fourth-order valence-corrected chi connectivity index (χ4v) is 6.18. The average molecular weight is 671 g/mol. The van der Waals surface area contributed by atoms with Crippen LogP contribution in [0.4, 0.5) is 10.5 Å². The third-order valence-electron chi connectivity index (χ3n) is 6.87. The number of hydrogen-bond acceptors (Lipinski definition) is 6. The summed E-state index contributed by atoms with van der Waals surface area (Å²) in [6.45, 7) is 2.12. The van der Waals surface area contributed by atoms with Crippen LogP contribution in [0.1, 0.15) is 41.3 Å². The number of benzene rings is 3. The van der Waals surface area contributed by atoms with Gasteiger partial charge in [-0.1, -0.05) is 72.4 Å². The molecule has 3 aromatic carbocycles.